The average Bonchev–Trinajstić information content (AvgIpc) is 3.53. The van der Waals surface area contributed by atoms with Crippen LogP contribution in [0.3, 0.4) is 0 Å². The van der Waals surface area contributed by atoms with Crippen LogP contribution >= 0.6 is 23.2 Å². The molecule has 0 amide bonds. The number of hydrogen-bond donors (Lipinski definition) is 1. The van der Waals surface area contributed by atoms with E-state index in [2.05, 4.69) is 45.8 Å². The van der Waals surface area contributed by atoms with Gasteiger partial charge in [0.15, 0.2) is 0 Å². The number of carbonyl (C=O) groups excluding carboxylic acids is 1. The number of rotatable bonds is 12. The summed E-state index contributed by atoms with van der Waals surface area (Å²) in [5.41, 5.74) is -4.23. The maximum absolute atomic E-state index is 13.2. The number of azo groups is 2. The van der Waals surface area contributed by atoms with Crippen molar-refractivity contribution >= 4 is 110 Å². The first kappa shape index (κ1) is 63.8. The summed E-state index contributed by atoms with van der Waals surface area (Å²) in [5.74, 6) is -4.50. The Kier molecular flexibility index (Phi) is 22.8. The monoisotopic (exact) mass is 1150 g/mol. The van der Waals surface area contributed by atoms with E-state index in [1.807, 2.05) is 0 Å². The summed E-state index contributed by atoms with van der Waals surface area (Å²) in [6, 6.07) is 16.1. The molecular weight excluding hydrogens is 1130 g/mol. The number of nitro groups is 1. The van der Waals surface area contributed by atoms with Gasteiger partial charge in [0.1, 0.15) is 36.0 Å². The second-order valence-electron chi connectivity index (χ2n) is 13.1. The van der Waals surface area contributed by atoms with Gasteiger partial charge in [0.25, 0.3) is 11.2 Å². The number of halogens is 2. The molecule has 0 atom stereocenters. The van der Waals surface area contributed by atoms with Crippen molar-refractivity contribution in [2.24, 2.45) is 20.5 Å². The average molecular weight is 1150 g/mol. The molecule has 0 unspecified atom stereocenters. The van der Waals surface area contributed by atoms with E-state index in [4.69, 9.17) is 23.2 Å². The minimum absolute atomic E-state index is 0. The number of fused-ring (bicyclic) bond motifs is 1. The zero-order valence-corrected chi connectivity index (χ0v) is 47.7. The number of aryl methyl sites for hydroxylation is 1. The van der Waals surface area contributed by atoms with Crippen LogP contribution in [0, 0.1) is 17.0 Å². The van der Waals surface area contributed by atoms with Crippen LogP contribution in [0.15, 0.2) is 125 Å². The molecule has 0 aliphatic rings. The molecule has 355 valence electrons. The van der Waals surface area contributed by atoms with Crippen LogP contribution in [0.25, 0.3) is 16.5 Å². The summed E-state index contributed by atoms with van der Waals surface area (Å²) in [6.07, 6.45) is 0. The Morgan fingerprint density at radius 1 is 0.736 bits per heavy atom. The molecule has 7 rings (SSSR count). The second kappa shape index (κ2) is 25.8. The first-order chi connectivity index (χ1) is 31.7. The van der Waals surface area contributed by atoms with Gasteiger partial charge in [-0.3, -0.25) is 14.9 Å². The van der Waals surface area contributed by atoms with E-state index in [-0.39, 0.29) is 152 Å². The Morgan fingerprint density at radius 2 is 1.32 bits per heavy atom. The summed E-state index contributed by atoms with van der Waals surface area (Å²) >= 11 is 11.5. The van der Waals surface area contributed by atoms with Gasteiger partial charge in [-0.15, -0.1) is 21.0 Å². The third-order valence-electron chi connectivity index (χ3n) is 8.62. The predicted octanol–water partition coefficient (Wildman–Crippen LogP) is -5.74. The van der Waals surface area contributed by atoms with E-state index >= 15 is 0 Å². The largest absolute Gasteiger partial charge is 3.00 e. The van der Waals surface area contributed by atoms with Gasteiger partial charge >= 0.3 is 107 Å². The minimum Gasteiger partial charge on any atom is -0.871 e. The maximum Gasteiger partial charge on any atom is 3.00 e. The fraction of sp³-hybridized carbons (Fsp3) is 0.0278. The van der Waals surface area contributed by atoms with Crippen LogP contribution in [0.1, 0.15) is 17.5 Å². The summed E-state index contributed by atoms with van der Waals surface area (Å²) in [6.45, 7) is 1.45. The fourth-order valence-electron chi connectivity index (χ4n) is 5.63. The Morgan fingerprint density at radius 3 is 1.88 bits per heavy atom. The number of carbonyl (C=O) groups is 1. The standard InChI is InChI=1S/C20H12Cl2N6O9S2.C16H13N5O7S.Cr.3Na/c21-18-24-19(22)26-20(25-18)23-9-2-1-8-5-14(39(35,36)37)15(16(29)11(8)6-9)28-27-13-4-3-10(38(32,33)34)7-12(13)17(30)31;1-9-14(16(23)20(19-9)10-5-3-2-4-6-10)18-17-12-7-11(21(24)25)8-13(15(12)22)29(26,27)28;;;;/h1-7,29H,(H,30,31)(H,32,33,34)(H,35,36,37)(H,23,24,25,26);2-8H,1H3,(H3,17,18,19,22,23,26,27,28);;;;/q;;+3;3*+1/p-6. The summed E-state index contributed by atoms with van der Waals surface area (Å²) in [7, 11) is -15.6. The van der Waals surface area contributed by atoms with Crippen molar-refractivity contribution in [1.29, 1.82) is 0 Å². The molecule has 2 heterocycles. The van der Waals surface area contributed by atoms with Crippen LogP contribution in [-0.4, -0.2) is 69.4 Å². The number of nitrogens with zero attached hydrogens (tertiary/aromatic N) is 10. The van der Waals surface area contributed by atoms with E-state index in [0.717, 1.165) is 16.8 Å². The SMILES string of the molecule is Cc1[n-]n(-c2ccccc2)c(=O)c1N=Nc1cc([N+](=O)[O-])cc(S(=O)(=O)[O-])c1[O-].O=C([O-])c1cc(S(=O)(=O)[O-])ccc1N=Nc1c(S(=O)(=O)[O-])cc2ccc(Nc3nc(Cl)nc(Cl)n3)cc2c1[O-].[Cr+3].[H+].[Na+].[Na+].[Na+]. The molecule has 0 saturated carbocycles. The topological polar surface area (TPSA) is 437 Å². The number of aromatic nitrogens is 5. The molecule has 5 aromatic carbocycles. The smallest absolute Gasteiger partial charge is 0.871 e. The molecule has 36 heteroatoms. The van der Waals surface area contributed by atoms with Crippen LogP contribution in [0.5, 0.6) is 11.5 Å². The molecule has 0 fully saturated rings. The summed E-state index contributed by atoms with van der Waals surface area (Å²) in [5, 5.41) is 68.0. The van der Waals surface area contributed by atoms with Crippen LogP contribution in [0.2, 0.25) is 10.6 Å². The molecular formula is C36H19Cl2CrN11Na3O16S3. The Bertz CT molecular complexity index is 3700. The van der Waals surface area contributed by atoms with Crippen molar-refractivity contribution in [2.75, 3.05) is 5.32 Å². The van der Waals surface area contributed by atoms with Crippen molar-refractivity contribution in [2.45, 2.75) is 21.6 Å². The number of hydrogen-bond acceptors (Lipinski definition) is 24. The molecule has 1 radical (unpaired) electrons. The molecule has 7 aromatic rings. The molecule has 72 heavy (non-hydrogen) atoms. The zero-order chi connectivity index (χ0) is 50.0. The number of aromatic carboxylic acids is 1. The Hall–Kier alpha value is -4.31. The van der Waals surface area contributed by atoms with E-state index < -0.39 is 101 Å². The van der Waals surface area contributed by atoms with Crippen molar-refractivity contribution in [3.05, 3.63) is 127 Å². The number of para-hydroxylation sites is 1. The van der Waals surface area contributed by atoms with Gasteiger partial charge in [0, 0.05) is 29.1 Å². The second-order valence-corrected chi connectivity index (χ2v) is 17.8. The van der Waals surface area contributed by atoms with Gasteiger partial charge in [-0.25, -0.2) is 25.3 Å². The Balaban J connectivity index is 0.000000708. The maximum atomic E-state index is 13.2. The fourth-order valence-corrected chi connectivity index (χ4v) is 7.73. The number of carboxylic acid groups (broad SMARTS) is 1. The third-order valence-corrected chi connectivity index (χ3v) is 11.5. The molecule has 2 aromatic heterocycles. The number of benzene rings is 5. The van der Waals surface area contributed by atoms with Crippen molar-refractivity contribution in [1.82, 2.24) is 24.7 Å². The van der Waals surface area contributed by atoms with E-state index in [1.165, 1.54) is 25.1 Å². The van der Waals surface area contributed by atoms with E-state index in [1.54, 1.807) is 30.3 Å². The molecule has 1 N–H and O–H groups in total. The van der Waals surface area contributed by atoms with Gasteiger partial charge in [-0.05, 0) is 82.5 Å². The van der Waals surface area contributed by atoms with Gasteiger partial charge in [0.05, 0.1) is 42.6 Å². The number of carboxylic acids is 1. The predicted molar refractivity (Wildman–Crippen MR) is 223 cm³/mol. The van der Waals surface area contributed by atoms with Crippen LogP contribution in [-0.2, 0) is 47.7 Å². The first-order valence-corrected chi connectivity index (χ1v) is 22.7. The van der Waals surface area contributed by atoms with Gasteiger partial charge < -0.3 is 48.9 Å². The van der Waals surface area contributed by atoms with E-state index in [0.29, 0.717) is 30.0 Å². The molecule has 0 spiro atoms. The summed E-state index contributed by atoms with van der Waals surface area (Å²) < 4.78 is 104. The molecule has 27 nitrogen and oxygen atoms in total. The number of nitro benzene ring substituents is 1. The summed E-state index contributed by atoms with van der Waals surface area (Å²) in [4.78, 5) is 41.8. The quantitative estimate of drug-likeness (QED) is 0.0392. The van der Waals surface area contributed by atoms with Gasteiger partial charge in [0.2, 0.25) is 16.5 Å². The van der Waals surface area contributed by atoms with Crippen molar-refractivity contribution < 1.29 is 171 Å². The third kappa shape index (κ3) is 15.4. The molecule has 0 saturated heterocycles. The van der Waals surface area contributed by atoms with Crippen LogP contribution < -0.4 is 120 Å². The first-order valence-electron chi connectivity index (χ1n) is 17.7. The van der Waals surface area contributed by atoms with Crippen molar-refractivity contribution in [3.8, 4) is 17.2 Å². The van der Waals surface area contributed by atoms with Crippen molar-refractivity contribution in [3.63, 3.8) is 0 Å². The Labute approximate surface area is 492 Å². The molecule has 0 aliphatic carbocycles. The number of anilines is 2. The normalized spacial score (nSPS) is 11.4. The number of nitrogens with one attached hydrogen (secondary N) is 1. The van der Waals surface area contributed by atoms with Gasteiger partial charge in [-0.2, -0.15) is 20.1 Å². The molecule has 0 bridgehead atoms. The van der Waals surface area contributed by atoms with Gasteiger partial charge in [-0.1, -0.05) is 42.7 Å². The zero-order valence-electron chi connectivity index (χ0n) is 37.5. The molecule has 0 aliphatic heterocycles. The number of non-ortho nitro benzene ring substituents is 1. The van der Waals surface area contributed by atoms with E-state index in [9.17, 15) is 73.9 Å². The minimum atomic E-state index is -5.30. The van der Waals surface area contributed by atoms with Crippen LogP contribution in [0.4, 0.5) is 40.1 Å².